The van der Waals surface area contributed by atoms with Gasteiger partial charge in [0.2, 0.25) is 0 Å². The van der Waals surface area contributed by atoms with Gasteiger partial charge in [-0.3, -0.25) is 0 Å². The van der Waals surface area contributed by atoms with Crippen LogP contribution in [0.25, 0.3) is 0 Å². The second kappa shape index (κ2) is 18.4. The largest absolute Gasteiger partial charge is 0.356 e. The Morgan fingerprint density at radius 1 is 0.464 bits per heavy atom. The van der Waals surface area contributed by atoms with Crippen molar-refractivity contribution >= 4 is 0 Å². The SMILES string of the molecule is CCCCCCCCCCCCC1N(CCCCC)C=CN1CCCCCC. The van der Waals surface area contributed by atoms with Gasteiger partial charge in [-0.05, 0) is 25.7 Å². The number of hydrogen-bond donors (Lipinski definition) is 0. The lowest BCUT2D eigenvalue weighted by atomic mass is 10.0. The van der Waals surface area contributed by atoms with Gasteiger partial charge in [-0.2, -0.15) is 0 Å². The molecule has 1 rings (SSSR count). The Balaban J connectivity index is 2.20. The molecule has 1 aliphatic heterocycles. The quantitative estimate of drug-likeness (QED) is 0.192. The Hall–Kier alpha value is -0.660. The van der Waals surface area contributed by atoms with Gasteiger partial charge in [-0.1, -0.05) is 111 Å². The zero-order valence-electron chi connectivity index (χ0n) is 19.8. The average Bonchev–Trinajstić information content (AvgIpc) is 3.08. The highest BCUT2D eigenvalue weighted by atomic mass is 15.4. The maximum atomic E-state index is 2.65. The van der Waals surface area contributed by atoms with E-state index < -0.39 is 0 Å². The molecule has 0 spiro atoms. The highest BCUT2D eigenvalue weighted by Gasteiger charge is 2.24. The van der Waals surface area contributed by atoms with Crippen LogP contribution in [-0.2, 0) is 0 Å². The van der Waals surface area contributed by atoms with Gasteiger partial charge in [-0.25, -0.2) is 0 Å². The minimum Gasteiger partial charge on any atom is -0.356 e. The summed E-state index contributed by atoms with van der Waals surface area (Å²) in [5.74, 6) is 0. The standard InChI is InChI=1S/C26H52N2/c1-4-7-10-12-13-14-15-16-17-18-21-26-27(22-19-9-6-3)24-25-28(26)23-20-11-8-5-2/h24-26H,4-23H2,1-3H3. The Kier molecular flexibility index (Phi) is 16.7. The minimum absolute atomic E-state index is 0.646. The van der Waals surface area contributed by atoms with Crippen molar-refractivity contribution in [3.63, 3.8) is 0 Å². The third-order valence-corrected chi connectivity index (χ3v) is 6.32. The van der Waals surface area contributed by atoms with E-state index >= 15 is 0 Å². The van der Waals surface area contributed by atoms with E-state index in [2.05, 4.69) is 43.0 Å². The third-order valence-electron chi connectivity index (χ3n) is 6.32. The van der Waals surface area contributed by atoms with Crippen molar-refractivity contribution in [3.8, 4) is 0 Å². The van der Waals surface area contributed by atoms with Gasteiger partial charge in [-0.15, -0.1) is 0 Å². The molecule has 0 bridgehead atoms. The van der Waals surface area contributed by atoms with Gasteiger partial charge in [0, 0.05) is 25.5 Å². The van der Waals surface area contributed by atoms with E-state index in [0.717, 1.165) is 0 Å². The maximum absolute atomic E-state index is 2.65. The van der Waals surface area contributed by atoms with E-state index in [0.29, 0.717) is 6.17 Å². The smallest absolute Gasteiger partial charge is 0.101 e. The lowest BCUT2D eigenvalue weighted by molar-refractivity contribution is 0.135. The lowest BCUT2D eigenvalue weighted by Crippen LogP contribution is -2.39. The fourth-order valence-electron chi connectivity index (χ4n) is 4.42. The van der Waals surface area contributed by atoms with E-state index in [1.165, 1.54) is 129 Å². The van der Waals surface area contributed by atoms with Crippen molar-refractivity contribution in [1.82, 2.24) is 9.80 Å². The number of unbranched alkanes of at least 4 members (excludes halogenated alkanes) is 14. The molecule has 28 heavy (non-hydrogen) atoms. The van der Waals surface area contributed by atoms with Gasteiger partial charge in [0.25, 0.3) is 0 Å². The van der Waals surface area contributed by atoms with Crippen LogP contribution in [0.3, 0.4) is 0 Å². The first-order chi connectivity index (χ1) is 13.8. The molecule has 0 N–H and O–H groups in total. The summed E-state index contributed by atoms with van der Waals surface area (Å²) in [5, 5.41) is 0. The Morgan fingerprint density at radius 2 is 0.821 bits per heavy atom. The molecule has 0 aliphatic carbocycles. The third kappa shape index (κ3) is 12.0. The molecule has 1 heterocycles. The van der Waals surface area contributed by atoms with E-state index in [4.69, 9.17) is 0 Å². The summed E-state index contributed by atoms with van der Waals surface area (Å²) in [6.07, 6.45) is 30.6. The zero-order chi connectivity index (χ0) is 20.3. The van der Waals surface area contributed by atoms with Crippen LogP contribution >= 0.6 is 0 Å². The van der Waals surface area contributed by atoms with E-state index in [-0.39, 0.29) is 0 Å². The first-order valence-corrected chi connectivity index (χ1v) is 13.0. The van der Waals surface area contributed by atoms with Gasteiger partial charge in [0.1, 0.15) is 6.17 Å². The molecule has 1 atom stereocenters. The molecular weight excluding hydrogens is 340 g/mol. The Morgan fingerprint density at radius 3 is 1.32 bits per heavy atom. The lowest BCUT2D eigenvalue weighted by Gasteiger charge is -2.33. The number of rotatable bonds is 20. The van der Waals surface area contributed by atoms with Gasteiger partial charge in [0.05, 0.1) is 0 Å². The first kappa shape index (κ1) is 25.4. The van der Waals surface area contributed by atoms with Crippen LogP contribution in [0.4, 0.5) is 0 Å². The normalized spacial score (nSPS) is 16.5. The molecule has 0 aromatic carbocycles. The first-order valence-electron chi connectivity index (χ1n) is 13.0. The van der Waals surface area contributed by atoms with Crippen molar-refractivity contribution in [2.45, 2.75) is 143 Å². The van der Waals surface area contributed by atoms with Crippen molar-refractivity contribution in [2.24, 2.45) is 0 Å². The van der Waals surface area contributed by atoms with Crippen LogP contribution in [0.5, 0.6) is 0 Å². The highest BCUT2D eigenvalue weighted by Crippen LogP contribution is 2.23. The summed E-state index contributed by atoms with van der Waals surface area (Å²) in [6, 6.07) is 0. The van der Waals surface area contributed by atoms with E-state index in [1.54, 1.807) is 0 Å². The summed E-state index contributed by atoms with van der Waals surface area (Å²) in [4.78, 5) is 5.29. The molecule has 0 saturated carbocycles. The monoisotopic (exact) mass is 392 g/mol. The fourth-order valence-corrected chi connectivity index (χ4v) is 4.42. The molecule has 0 aromatic rings. The second-order valence-electron chi connectivity index (χ2n) is 8.99. The average molecular weight is 393 g/mol. The van der Waals surface area contributed by atoms with Crippen molar-refractivity contribution in [2.75, 3.05) is 13.1 Å². The fraction of sp³-hybridized carbons (Fsp3) is 0.923. The van der Waals surface area contributed by atoms with Gasteiger partial charge in [0.15, 0.2) is 0 Å². The summed E-state index contributed by atoms with van der Waals surface area (Å²) in [5.41, 5.74) is 0. The molecule has 2 nitrogen and oxygen atoms in total. The van der Waals surface area contributed by atoms with Crippen molar-refractivity contribution < 1.29 is 0 Å². The maximum Gasteiger partial charge on any atom is 0.101 e. The van der Waals surface area contributed by atoms with Gasteiger partial charge < -0.3 is 9.80 Å². The predicted octanol–water partition coefficient (Wildman–Crippen LogP) is 8.48. The molecule has 0 amide bonds. The van der Waals surface area contributed by atoms with Crippen LogP contribution in [0.2, 0.25) is 0 Å². The number of hydrogen-bond acceptors (Lipinski definition) is 2. The summed E-state index contributed by atoms with van der Waals surface area (Å²) in [7, 11) is 0. The molecular formula is C26H52N2. The van der Waals surface area contributed by atoms with Gasteiger partial charge >= 0.3 is 0 Å². The topological polar surface area (TPSA) is 6.48 Å². The second-order valence-corrected chi connectivity index (χ2v) is 8.99. The molecule has 2 heteroatoms. The van der Waals surface area contributed by atoms with Crippen LogP contribution in [0.1, 0.15) is 136 Å². The predicted molar refractivity (Wildman–Crippen MR) is 126 cm³/mol. The summed E-state index contributed by atoms with van der Waals surface area (Å²) in [6.45, 7) is 9.42. The summed E-state index contributed by atoms with van der Waals surface area (Å²) >= 11 is 0. The zero-order valence-corrected chi connectivity index (χ0v) is 19.8. The minimum atomic E-state index is 0.646. The van der Waals surface area contributed by atoms with Crippen LogP contribution in [0, 0.1) is 0 Å². The van der Waals surface area contributed by atoms with Crippen LogP contribution < -0.4 is 0 Å². The number of nitrogens with zero attached hydrogens (tertiary/aromatic N) is 2. The van der Waals surface area contributed by atoms with Crippen molar-refractivity contribution in [1.29, 1.82) is 0 Å². The molecule has 1 unspecified atom stereocenters. The van der Waals surface area contributed by atoms with Crippen LogP contribution in [0.15, 0.2) is 12.4 Å². The molecule has 1 aliphatic rings. The molecule has 166 valence electrons. The molecule has 0 fully saturated rings. The summed E-state index contributed by atoms with van der Waals surface area (Å²) < 4.78 is 0. The Labute approximate surface area is 178 Å². The Bertz CT molecular complexity index is 352. The van der Waals surface area contributed by atoms with Crippen molar-refractivity contribution in [3.05, 3.63) is 12.4 Å². The van der Waals surface area contributed by atoms with E-state index in [9.17, 15) is 0 Å². The molecule has 0 aromatic heterocycles. The van der Waals surface area contributed by atoms with Crippen LogP contribution in [-0.4, -0.2) is 29.1 Å². The molecule has 0 radical (unpaired) electrons. The van der Waals surface area contributed by atoms with E-state index in [1.807, 2.05) is 0 Å². The molecule has 0 saturated heterocycles. The highest BCUT2D eigenvalue weighted by molar-refractivity contribution is 4.96.